The molecule has 2 nitrogen and oxygen atoms in total. The zero-order valence-corrected chi connectivity index (χ0v) is 19.7. The normalized spacial score (nSPS) is 16.3. The van der Waals surface area contributed by atoms with Crippen LogP contribution in [0.3, 0.4) is 0 Å². The van der Waals surface area contributed by atoms with Gasteiger partial charge in [0.1, 0.15) is 17.4 Å². The molecule has 8 heteroatoms. The summed E-state index contributed by atoms with van der Waals surface area (Å²) < 4.78 is 73.6. The van der Waals surface area contributed by atoms with Crippen LogP contribution in [-0.2, 0) is 18.1 Å². The van der Waals surface area contributed by atoms with Crippen LogP contribution in [0.4, 0.5) is 22.0 Å². The van der Waals surface area contributed by atoms with Gasteiger partial charge in [-0.05, 0) is 60.9 Å². The van der Waals surface area contributed by atoms with E-state index in [2.05, 4.69) is 5.32 Å². The molecule has 0 spiro atoms. The maximum Gasteiger partial charge on any atom is 0.416 e. The van der Waals surface area contributed by atoms with Gasteiger partial charge >= 0.3 is 6.18 Å². The van der Waals surface area contributed by atoms with Crippen molar-refractivity contribution in [2.45, 2.75) is 70.1 Å². The van der Waals surface area contributed by atoms with E-state index >= 15 is 0 Å². The minimum Gasteiger partial charge on any atom is -0.496 e. The van der Waals surface area contributed by atoms with Gasteiger partial charge in [-0.25, -0.2) is 8.78 Å². The number of alkyl halides is 3. The van der Waals surface area contributed by atoms with E-state index in [1.807, 2.05) is 13.8 Å². The molecule has 1 unspecified atom stereocenters. The van der Waals surface area contributed by atoms with Crippen molar-refractivity contribution >= 4 is 11.6 Å². The second kappa shape index (κ2) is 10.2. The molecule has 33 heavy (non-hydrogen) atoms. The maximum atomic E-state index is 14.5. The van der Waals surface area contributed by atoms with E-state index in [-0.39, 0.29) is 29.9 Å². The van der Waals surface area contributed by atoms with Crippen molar-refractivity contribution in [3.63, 3.8) is 0 Å². The first-order valence-corrected chi connectivity index (χ1v) is 11.4. The van der Waals surface area contributed by atoms with Crippen LogP contribution in [0.1, 0.15) is 62.6 Å². The minimum atomic E-state index is -4.62. The second-order valence-electron chi connectivity index (χ2n) is 9.39. The Kier molecular flexibility index (Phi) is 7.95. The van der Waals surface area contributed by atoms with E-state index in [1.54, 1.807) is 6.07 Å². The molecule has 2 aromatic rings. The molecular formula is C25H29ClF5NO. The van der Waals surface area contributed by atoms with Crippen LogP contribution in [0.5, 0.6) is 5.75 Å². The van der Waals surface area contributed by atoms with Crippen LogP contribution < -0.4 is 10.1 Å². The Morgan fingerprint density at radius 1 is 1.09 bits per heavy atom. The van der Waals surface area contributed by atoms with Crippen molar-refractivity contribution in [1.82, 2.24) is 5.32 Å². The van der Waals surface area contributed by atoms with Crippen molar-refractivity contribution < 1.29 is 26.7 Å². The summed E-state index contributed by atoms with van der Waals surface area (Å²) in [5.41, 5.74) is -0.896. The number of ether oxygens (including phenoxy) is 1. The number of methoxy groups -OCH3 is 1. The highest BCUT2D eigenvalue weighted by Crippen LogP contribution is 2.40. The molecule has 0 aliphatic heterocycles. The van der Waals surface area contributed by atoms with Gasteiger partial charge in [-0.1, -0.05) is 38.3 Å². The molecule has 2 aromatic carbocycles. The number of rotatable bonds is 8. The number of nitrogens with one attached hydrogen (secondary N) is 1. The van der Waals surface area contributed by atoms with E-state index in [0.717, 1.165) is 31.7 Å². The monoisotopic (exact) mass is 489 g/mol. The molecular weight excluding hydrogens is 461 g/mol. The summed E-state index contributed by atoms with van der Waals surface area (Å²) in [5.74, 6) is -0.367. The summed E-state index contributed by atoms with van der Waals surface area (Å²) in [6.45, 7) is 3.87. The van der Waals surface area contributed by atoms with Gasteiger partial charge in [0.25, 0.3) is 0 Å². The van der Waals surface area contributed by atoms with Crippen LogP contribution >= 0.6 is 11.6 Å². The average molecular weight is 490 g/mol. The largest absolute Gasteiger partial charge is 0.496 e. The maximum absolute atomic E-state index is 14.5. The van der Waals surface area contributed by atoms with E-state index in [1.165, 1.54) is 19.2 Å². The smallest absolute Gasteiger partial charge is 0.416 e. The summed E-state index contributed by atoms with van der Waals surface area (Å²) in [5, 5.41) is 2.75. The highest BCUT2D eigenvalue weighted by molar-refractivity contribution is 6.30. The molecule has 0 amide bonds. The van der Waals surface area contributed by atoms with Gasteiger partial charge in [-0.15, -0.1) is 0 Å². The van der Waals surface area contributed by atoms with Gasteiger partial charge < -0.3 is 10.1 Å². The molecule has 0 radical (unpaired) electrons. The Labute approximate surface area is 196 Å². The highest BCUT2D eigenvalue weighted by atomic mass is 35.5. The summed E-state index contributed by atoms with van der Waals surface area (Å²) in [6.07, 6.45) is 0.0327. The zero-order chi connectivity index (χ0) is 24.4. The zero-order valence-electron chi connectivity index (χ0n) is 19.0. The third-order valence-electron chi connectivity index (χ3n) is 6.58. The second-order valence-corrected chi connectivity index (χ2v) is 9.80. The summed E-state index contributed by atoms with van der Waals surface area (Å²) in [7, 11) is 1.53. The van der Waals surface area contributed by atoms with Gasteiger partial charge in [-0.3, -0.25) is 0 Å². The molecule has 1 aliphatic carbocycles. The minimum absolute atomic E-state index is 0.0903. The predicted molar refractivity (Wildman–Crippen MR) is 120 cm³/mol. The van der Waals surface area contributed by atoms with E-state index < -0.39 is 28.0 Å². The Hall–Kier alpha value is -1.86. The molecule has 1 saturated carbocycles. The van der Waals surface area contributed by atoms with Crippen molar-refractivity contribution in [1.29, 1.82) is 0 Å². The predicted octanol–water partition coefficient (Wildman–Crippen LogP) is 7.66. The lowest BCUT2D eigenvalue weighted by Gasteiger charge is -2.35. The van der Waals surface area contributed by atoms with E-state index in [0.29, 0.717) is 23.8 Å². The van der Waals surface area contributed by atoms with Gasteiger partial charge in [0.05, 0.1) is 17.7 Å². The van der Waals surface area contributed by atoms with Crippen LogP contribution in [0, 0.1) is 17.6 Å². The van der Waals surface area contributed by atoms with Gasteiger partial charge in [0.2, 0.25) is 0 Å². The first-order valence-electron chi connectivity index (χ1n) is 11.0. The molecule has 1 atom stereocenters. The van der Waals surface area contributed by atoms with Crippen LogP contribution in [0.2, 0.25) is 5.02 Å². The topological polar surface area (TPSA) is 21.3 Å². The first kappa shape index (κ1) is 25.8. The number of halogens is 6. The van der Waals surface area contributed by atoms with E-state index in [9.17, 15) is 22.0 Å². The lowest BCUT2D eigenvalue weighted by Crippen LogP contribution is -2.40. The highest BCUT2D eigenvalue weighted by Gasteiger charge is 2.35. The summed E-state index contributed by atoms with van der Waals surface area (Å²) in [6, 6.07) is 5.68. The average Bonchev–Trinajstić information content (AvgIpc) is 3.27. The number of hydrogen-bond donors (Lipinski definition) is 1. The first-order chi connectivity index (χ1) is 15.4. The van der Waals surface area contributed by atoms with E-state index in [4.69, 9.17) is 16.3 Å². The molecule has 1 aliphatic rings. The number of benzene rings is 2. The Morgan fingerprint density at radius 2 is 1.76 bits per heavy atom. The molecule has 0 heterocycles. The molecule has 0 bridgehead atoms. The lowest BCUT2D eigenvalue weighted by atomic mass is 9.75. The van der Waals surface area contributed by atoms with Crippen molar-refractivity contribution in [3.05, 3.63) is 63.7 Å². The molecule has 3 rings (SSSR count). The molecule has 1 fully saturated rings. The fourth-order valence-electron chi connectivity index (χ4n) is 4.81. The summed E-state index contributed by atoms with van der Waals surface area (Å²) in [4.78, 5) is 0. The van der Waals surface area contributed by atoms with Crippen LogP contribution in [-0.4, -0.2) is 13.2 Å². The Balaban J connectivity index is 1.86. The lowest BCUT2D eigenvalue weighted by molar-refractivity contribution is -0.137. The van der Waals surface area contributed by atoms with Gasteiger partial charge in [0.15, 0.2) is 0 Å². The molecule has 0 saturated heterocycles. The molecule has 0 aromatic heterocycles. The van der Waals surface area contributed by atoms with Crippen molar-refractivity contribution in [2.75, 3.05) is 7.11 Å². The molecule has 1 N–H and O–H groups in total. The Morgan fingerprint density at radius 3 is 2.36 bits per heavy atom. The van der Waals surface area contributed by atoms with Crippen LogP contribution in [0.25, 0.3) is 0 Å². The molecule has 182 valence electrons. The fraction of sp³-hybridized carbons (Fsp3) is 0.520. The van der Waals surface area contributed by atoms with Crippen molar-refractivity contribution in [2.24, 2.45) is 5.92 Å². The summed E-state index contributed by atoms with van der Waals surface area (Å²) >= 11 is 5.75. The number of hydrogen-bond acceptors (Lipinski definition) is 2. The fourth-order valence-corrected chi connectivity index (χ4v) is 5.05. The van der Waals surface area contributed by atoms with Gasteiger partial charge in [-0.2, -0.15) is 13.2 Å². The third-order valence-corrected chi connectivity index (χ3v) is 6.85. The third kappa shape index (κ3) is 6.18. The SMILES string of the molecule is COc1ccc(F)cc1C(C)(C)CC(NCc1cc(C(F)(F)F)cc(Cl)c1F)C1CCCC1. The quantitative estimate of drug-likeness (QED) is 0.384. The Bertz CT molecular complexity index is 970. The van der Waals surface area contributed by atoms with Gasteiger partial charge in [0, 0.05) is 23.7 Å². The standard InChI is InChI=1S/C25H29ClF5NO/c1-24(2,19-12-18(27)8-9-22(19)33-3)13-21(15-6-4-5-7-15)32-14-16-10-17(25(29,30)31)11-20(26)23(16)28/h8-12,15,21,32H,4-7,13-14H2,1-3H3. The van der Waals surface area contributed by atoms with Crippen LogP contribution in [0.15, 0.2) is 30.3 Å². The van der Waals surface area contributed by atoms with Crippen molar-refractivity contribution in [3.8, 4) is 5.75 Å².